The lowest BCUT2D eigenvalue weighted by atomic mass is 10.2. The highest BCUT2D eigenvalue weighted by Gasteiger charge is 2.08. The second-order valence-corrected chi connectivity index (χ2v) is 5.64. The maximum absolute atomic E-state index is 6.10. The number of imidazole rings is 1. The van der Waals surface area contributed by atoms with Gasteiger partial charge in [0.1, 0.15) is 11.3 Å². The minimum absolute atomic E-state index is 0.635. The Hall–Kier alpha value is -1.03. The van der Waals surface area contributed by atoms with Crippen LogP contribution in [-0.4, -0.2) is 9.97 Å². The lowest BCUT2D eigenvalue weighted by Gasteiger charge is -1.99. The van der Waals surface area contributed by atoms with Gasteiger partial charge in [-0.1, -0.05) is 45.2 Å². The summed E-state index contributed by atoms with van der Waals surface area (Å²) in [6.45, 7) is 0. The molecule has 0 radical (unpaired) electrons. The molecule has 0 amide bonds. The summed E-state index contributed by atoms with van der Waals surface area (Å²) in [4.78, 5) is 7.73. The Balaban J connectivity index is 2.22. The van der Waals surface area contributed by atoms with Gasteiger partial charge < -0.3 is 4.98 Å². The van der Waals surface area contributed by atoms with Crippen molar-refractivity contribution < 1.29 is 0 Å². The first-order valence-electron chi connectivity index (χ1n) is 5.24. The minimum atomic E-state index is 0.635. The summed E-state index contributed by atoms with van der Waals surface area (Å²) in [6, 6.07) is 11.3. The van der Waals surface area contributed by atoms with Crippen molar-refractivity contribution in [1.82, 2.24) is 9.97 Å². The summed E-state index contributed by atoms with van der Waals surface area (Å²) in [6.07, 6.45) is 0. The van der Waals surface area contributed by atoms with E-state index in [4.69, 9.17) is 23.2 Å². The van der Waals surface area contributed by atoms with Gasteiger partial charge in [-0.15, -0.1) is 0 Å². The van der Waals surface area contributed by atoms with Gasteiger partial charge in [-0.3, -0.25) is 0 Å². The van der Waals surface area contributed by atoms with Gasteiger partial charge in [0.25, 0.3) is 0 Å². The van der Waals surface area contributed by atoms with Crippen LogP contribution in [0.2, 0.25) is 10.0 Å². The number of hydrogen-bond donors (Lipinski definition) is 1. The fourth-order valence-electron chi connectivity index (χ4n) is 1.82. The van der Waals surface area contributed by atoms with Gasteiger partial charge in [0.2, 0.25) is 0 Å². The standard InChI is InChI=1S/C13H7BrCl2N2/c14-8-4-7(5-9(15)6-8)13-17-11-3-1-2-10(16)12(11)18-13/h1-6H,(H,17,18). The predicted octanol–water partition coefficient (Wildman–Crippen LogP) is 5.30. The largest absolute Gasteiger partial charge is 0.338 e. The quantitative estimate of drug-likeness (QED) is 0.639. The van der Waals surface area contributed by atoms with E-state index in [1.807, 2.05) is 36.4 Å². The van der Waals surface area contributed by atoms with E-state index in [0.29, 0.717) is 10.0 Å². The molecule has 1 aromatic heterocycles. The summed E-state index contributed by atoms with van der Waals surface area (Å²) < 4.78 is 0.913. The molecule has 1 heterocycles. The van der Waals surface area contributed by atoms with E-state index in [1.54, 1.807) is 0 Å². The number of para-hydroxylation sites is 1. The van der Waals surface area contributed by atoms with Crippen LogP contribution in [0, 0.1) is 0 Å². The van der Waals surface area contributed by atoms with E-state index in [2.05, 4.69) is 25.9 Å². The number of aromatic nitrogens is 2. The molecule has 0 spiro atoms. The van der Waals surface area contributed by atoms with Crippen LogP contribution >= 0.6 is 39.1 Å². The molecule has 3 rings (SSSR count). The molecule has 90 valence electrons. The molecule has 0 aliphatic rings. The molecular weight excluding hydrogens is 335 g/mol. The van der Waals surface area contributed by atoms with E-state index >= 15 is 0 Å². The second-order valence-electron chi connectivity index (χ2n) is 3.88. The fourth-order valence-corrected chi connectivity index (χ4v) is 2.90. The third-order valence-electron chi connectivity index (χ3n) is 2.60. The molecule has 0 unspecified atom stereocenters. The molecule has 0 aliphatic carbocycles. The highest BCUT2D eigenvalue weighted by molar-refractivity contribution is 9.10. The number of aromatic amines is 1. The SMILES string of the molecule is Clc1cc(Br)cc(-c2nc3c(Cl)cccc3[nH]2)c1. The van der Waals surface area contributed by atoms with Gasteiger partial charge in [-0.25, -0.2) is 4.98 Å². The average molecular weight is 342 g/mol. The fraction of sp³-hybridized carbons (Fsp3) is 0. The van der Waals surface area contributed by atoms with Gasteiger partial charge in [-0.2, -0.15) is 0 Å². The highest BCUT2D eigenvalue weighted by atomic mass is 79.9. The van der Waals surface area contributed by atoms with E-state index in [9.17, 15) is 0 Å². The van der Waals surface area contributed by atoms with Crippen molar-refractivity contribution in [2.75, 3.05) is 0 Å². The van der Waals surface area contributed by atoms with Crippen LogP contribution in [0.4, 0.5) is 0 Å². The van der Waals surface area contributed by atoms with Crippen LogP contribution in [0.3, 0.4) is 0 Å². The lowest BCUT2D eigenvalue weighted by molar-refractivity contribution is 1.33. The number of fused-ring (bicyclic) bond motifs is 1. The number of rotatable bonds is 1. The van der Waals surface area contributed by atoms with Crippen molar-refractivity contribution in [1.29, 1.82) is 0 Å². The Morgan fingerprint density at radius 2 is 1.94 bits per heavy atom. The van der Waals surface area contributed by atoms with Gasteiger partial charge in [-0.05, 0) is 30.3 Å². The Kier molecular flexibility index (Phi) is 3.06. The normalized spacial score (nSPS) is 11.1. The van der Waals surface area contributed by atoms with E-state index in [-0.39, 0.29) is 0 Å². The Morgan fingerprint density at radius 3 is 2.67 bits per heavy atom. The Labute approximate surface area is 122 Å². The maximum Gasteiger partial charge on any atom is 0.138 e. The smallest absolute Gasteiger partial charge is 0.138 e. The molecule has 3 aromatic rings. The number of halogens is 3. The highest BCUT2D eigenvalue weighted by Crippen LogP contribution is 2.29. The van der Waals surface area contributed by atoms with Gasteiger partial charge in [0, 0.05) is 15.1 Å². The molecule has 1 N–H and O–H groups in total. The van der Waals surface area contributed by atoms with Crippen molar-refractivity contribution >= 4 is 50.2 Å². The number of nitrogens with zero attached hydrogens (tertiary/aromatic N) is 1. The molecule has 0 atom stereocenters. The van der Waals surface area contributed by atoms with Crippen LogP contribution in [0.15, 0.2) is 40.9 Å². The maximum atomic E-state index is 6.10. The molecule has 0 saturated heterocycles. The van der Waals surface area contributed by atoms with E-state index < -0.39 is 0 Å². The number of hydrogen-bond acceptors (Lipinski definition) is 1. The van der Waals surface area contributed by atoms with Gasteiger partial charge in [0.15, 0.2) is 0 Å². The predicted molar refractivity (Wildman–Crippen MR) is 79.2 cm³/mol. The molecule has 2 aromatic carbocycles. The summed E-state index contributed by atoms with van der Waals surface area (Å²) in [5.74, 6) is 0.751. The molecule has 0 aliphatic heterocycles. The van der Waals surface area contributed by atoms with Crippen LogP contribution in [0.5, 0.6) is 0 Å². The zero-order valence-corrected chi connectivity index (χ0v) is 12.1. The zero-order valence-electron chi connectivity index (χ0n) is 9.05. The summed E-state index contributed by atoms with van der Waals surface area (Å²) in [5, 5.41) is 1.29. The molecule has 0 bridgehead atoms. The average Bonchev–Trinajstić information content (AvgIpc) is 2.73. The van der Waals surface area contributed by atoms with Crippen molar-refractivity contribution in [3.63, 3.8) is 0 Å². The van der Waals surface area contributed by atoms with Crippen molar-refractivity contribution in [2.45, 2.75) is 0 Å². The molecule has 5 heteroatoms. The van der Waals surface area contributed by atoms with Gasteiger partial charge in [0.05, 0.1) is 10.5 Å². The van der Waals surface area contributed by atoms with Crippen molar-refractivity contribution in [2.24, 2.45) is 0 Å². The number of H-pyrrole nitrogens is 1. The Bertz CT molecular complexity index is 717. The van der Waals surface area contributed by atoms with Crippen LogP contribution in [0.25, 0.3) is 22.4 Å². The lowest BCUT2D eigenvalue weighted by Crippen LogP contribution is -1.80. The molecule has 18 heavy (non-hydrogen) atoms. The van der Waals surface area contributed by atoms with Crippen LogP contribution < -0.4 is 0 Å². The summed E-state index contributed by atoms with van der Waals surface area (Å²) >= 11 is 15.6. The third-order valence-corrected chi connectivity index (χ3v) is 3.58. The molecular formula is C13H7BrCl2N2. The first kappa shape index (κ1) is 12.0. The van der Waals surface area contributed by atoms with E-state index in [1.165, 1.54) is 0 Å². The van der Waals surface area contributed by atoms with Crippen LogP contribution in [0.1, 0.15) is 0 Å². The Morgan fingerprint density at radius 1 is 1.11 bits per heavy atom. The molecule has 0 saturated carbocycles. The second kappa shape index (κ2) is 4.57. The minimum Gasteiger partial charge on any atom is -0.338 e. The zero-order chi connectivity index (χ0) is 12.7. The molecule has 2 nitrogen and oxygen atoms in total. The third kappa shape index (κ3) is 2.14. The monoisotopic (exact) mass is 340 g/mol. The number of nitrogens with one attached hydrogen (secondary N) is 1. The van der Waals surface area contributed by atoms with Gasteiger partial charge >= 0.3 is 0 Å². The first-order chi connectivity index (χ1) is 8.63. The summed E-state index contributed by atoms with van der Waals surface area (Å²) in [5.41, 5.74) is 2.60. The summed E-state index contributed by atoms with van der Waals surface area (Å²) in [7, 11) is 0. The van der Waals surface area contributed by atoms with Crippen molar-refractivity contribution in [3.05, 3.63) is 50.9 Å². The van der Waals surface area contributed by atoms with Crippen LogP contribution in [-0.2, 0) is 0 Å². The van der Waals surface area contributed by atoms with Crippen molar-refractivity contribution in [3.8, 4) is 11.4 Å². The van der Waals surface area contributed by atoms with E-state index in [0.717, 1.165) is 26.9 Å². The topological polar surface area (TPSA) is 28.7 Å². The molecule has 0 fully saturated rings. The number of benzene rings is 2. The first-order valence-corrected chi connectivity index (χ1v) is 6.79.